The molecule has 1 fully saturated rings. The molecule has 17 heteroatoms. The first-order valence-electron chi connectivity index (χ1n) is 11.6. The quantitative estimate of drug-likeness (QED) is 0.144. The summed E-state index contributed by atoms with van der Waals surface area (Å²) in [7, 11) is 1.42. The summed E-state index contributed by atoms with van der Waals surface area (Å²) in [5, 5.41) is 30.8. The molecule has 0 radical (unpaired) electrons. The van der Waals surface area contributed by atoms with Crippen molar-refractivity contribution in [3.05, 3.63) is 34.9 Å². The molecule has 17 nitrogen and oxygen atoms in total. The second kappa shape index (κ2) is 11.3. The third kappa shape index (κ3) is 5.57. The van der Waals surface area contributed by atoms with Crippen molar-refractivity contribution in [3.8, 4) is 0 Å². The van der Waals surface area contributed by atoms with Crippen LogP contribution in [0.5, 0.6) is 0 Å². The van der Waals surface area contributed by atoms with Crippen LogP contribution in [-0.4, -0.2) is 99.8 Å². The van der Waals surface area contributed by atoms with Crippen LogP contribution in [0.1, 0.15) is 18.2 Å². The number of anilines is 2. The highest BCUT2D eigenvalue weighted by Gasteiger charge is 2.45. The Morgan fingerprint density at radius 3 is 2.71 bits per heavy atom. The van der Waals surface area contributed by atoms with E-state index in [1.54, 1.807) is 4.90 Å². The Balaban J connectivity index is 1.57. The fraction of sp³-hybridized carbons (Fsp3) is 0.524. The van der Waals surface area contributed by atoms with Crippen LogP contribution in [-0.2, 0) is 27.5 Å². The second-order valence-corrected chi connectivity index (χ2v) is 8.92. The Kier molecular flexibility index (Phi) is 8.14. The number of aliphatic hydroxyl groups excluding tert-OH is 2. The van der Waals surface area contributed by atoms with Gasteiger partial charge in [0.15, 0.2) is 17.7 Å². The van der Waals surface area contributed by atoms with Crippen LogP contribution in [0.25, 0.3) is 11.2 Å². The van der Waals surface area contributed by atoms with E-state index < -0.39 is 42.2 Å². The van der Waals surface area contributed by atoms with Crippen molar-refractivity contribution in [3.63, 3.8) is 0 Å². The number of aromatic nitrogens is 6. The number of hydrogen-bond donors (Lipinski definition) is 6. The lowest BCUT2D eigenvalue weighted by Crippen LogP contribution is -2.42. The number of fused-ring (bicyclic) bond motifs is 1. The smallest absolute Gasteiger partial charge is 0.351 e. The number of imidazole rings is 1. The lowest BCUT2D eigenvalue weighted by atomic mass is 10.1. The molecule has 1 aliphatic rings. The normalized spacial score (nSPS) is 22.3. The third-order valence-electron chi connectivity index (χ3n) is 6.27. The van der Waals surface area contributed by atoms with Gasteiger partial charge in [-0.15, -0.1) is 0 Å². The van der Waals surface area contributed by atoms with Crippen LogP contribution in [0.15, 0.2) is 23.6 Å². The lowest BCUT2D eigenvalue weighted by Gasteiger charge is -2.27. The molecule has 1 aliphatic heterocycles. The molecule has 4 heterocycles. The summed E-state index contributed by atoms with van der Waals surface area (Å²) < 4.78 is 13.7. The molecule has 206 valence electrons. The second-order valence-electron chi connectivity index (χ2n) is 8.92. The number of hydrogen-bond acceptors (Lipinski definition) is 14. The number of carboxylic acids is 1. The summed E-state index contributed by atoms with van der Waals surface area (Å²) in [6, 6.07) is -1.13. The fourth-order valence-corrected chi connectivity index (χ4v) is 4.24. The van der Waals surface area contributed by atoms with Gasteiger partial charge in [0, 0.05) is 38.5 Å². The summed E-state index contributed by atoms with van der Waals surface area (Å²) in [6.07, 6.45) is -0.411. The van der Waals surface area contributed by atoms with Crippen molar-refractivity contribution in [1.82, 2.24) is 34.0 Å². The van der Waals surface area contributed by atoms with Gasteiger partial charge < -0.3 is 42.0 Å². The monoisotopic (exact) mass is 534 g/mol. The van der Waals surface area contributed by atoms with Gasteiger partial charge in [-0.1, -0.05) is 0 Å². The molecule has 9 N–H and O–H groups in total. The molecule has 0 amide bonds. The van der Waals surface area contributed by atoms with Crippen LogP contribution in [0.3, 0.4) is 0 Å². The van der Waals surface area contributed by atoms with E-state index in [0.29, 0.717) is 16.7 Å². The van der Waals surface area contributed by atoms with E-state index >= 15 is 0 Å². The first-order valence-corrected chi connectivity index (χ1v) is 11.6. The molecule has 0 aromatic carbocycles. The number of carbonyl (C=O) groups is 1. The Bertz CT molecular complexity index is 1350. The minimum Gasteiger partial charge on any atom is -0.480 e. The van der Waals surface area contributed by atoms with Crippen LogP contribution in [0.4, 0.5) is 11.6 Å². The SMILES string of the molecule is COCn1cc(CN(CCC(N)C(=O)O)CC2OC(n3cnc4c(N)ncnc43)C(O)C2O)c(N)nc1=O. The molecular formula is C21H30N10O7. The van der Waals surface area contributed by atoms with Crippen molar-refractivity contribution in [2.45, 2.75) is 50.3 Å². The first-order chi connectivity index (χ1) is 18.1. The number of nitrogens with zero attached hydrogens (tertiary/aromatic N) is 7. The highest BCUT2D eigenvalue weighted by molar-refractivity contribution is 5.81. The van der Waals surface area contributed by atoms with Gasteiger partial charge in [0.2, 0.25) is 0 Å². The highest BCUT2D eigenvalue weighted by atomic mass is 16.6. The number of methoxy groups -OCH3 is 1. The summed E-state index contributed by atoms with van der Waals surface area (Å²) in [5.41, 5.74) is 18.0. The van der Waals surface area contributed by atoms with E-state index in [-0.39, 0.29) is 44.4 Å². The Morgan fingerprint density at radius 2 is 2.00 bits per heavy atom. The zero-order valence-corrected chi connectivity index (χ0v) is 20.5. The highest BCUT2D eigenvalue weighted by Crippen LogP contribution is 2.32. The molecule has 1 saturated heterocycles. The van der Waals surface area contributed by atoms with Crippen molar-refractivity contribution >= 4 is 28.8 Å². The number of carboxylic acid groups (broad SMARTS) is 1. The summed E-state index contributed by atoms with van der Waals surface area (Å²) in [5.74, 6) is -1.02. The molecule has 5 unspecified atom stereocenters. The minimum absolute atomic E-state index is 0.0113. The van der Waals surface area contributed by atoms with Gasteiger partial charge in [0.25, 0.3) is 0 Å². The number of aliphatic carboxylic acids is 1. The fourth-order valence-electron chi connectivity index (χ4n) is 4.24. The van der Waals surface area contributed by atoms with Crippen LogP contribution >= 0.6 is 0 Å². The van der Waals surface area contributed by atoms with Crippen LogP contribution < -0.4 is 22.9 Å². The predicted molar refractivity (Wildman–Crippen MR) is 131 cm³/mol. The third-order valence-corrected chi connectivity index (χ3v) is 6.27. The van der Waals surface area contributed by atoms with E-state index in [1.807, 2.05) is 0 Å². The molecule has 0 aliphatic carbocycles. The molecule has 0 spiro atoms. The molecule has 3 aromatic heterocycles. The van der Waals surface area contributed by atoms with E-state index in [9.17, 15) is 24.9 Å². The average Bonchev–Trinajstić information content (AvgIpc) is 3.42. The van der Waals surface area contributed by atoms with Gasteiger partial charge in [-0.05, 0) is 6.42 Å². The van der Waals surface area contributed by atoms with Crippen molar-refractivity contribution < 1.29 is 29.6 Å². The molecular weight excluding hydrogens is 504 g/mol. The Morgan fingerprint density at radius 1 is 1.24 bits per heavy atom. The average molecular weight is 535 g/mol. The maximum atomic E-state index is 12.1. The Labute approximate surface area is 215 Å². The maximum Gasteiger partial charge on any atom is 0.351 e. The van der Waals surface area contributed by atoms with Gasteiger partial charge in [-0.3, -0.25) is 18.8 Å². The summed E-state index contributed by atoms with van der Waals surface area (Å²) in [6.45, 7) is 0.281. The van der Waals surface area contributed by atoms with Gasteiger partial charge in [0.05, 0.1) is 6.33 Å². The van der Waals surface area contributed by atoms with E-state index in [2.05, 4.69) is 19.9 Å². The maximum absolute atomic E-state index is 12.1. The molecule has 38 heavy (non-hydrogen) atoms. The summed E-state index contributed by atoms with van der Waals surface area (Å²) >= 11 is 0. The van der Waals surface area contributed by atoms with Gasteiger partial charge in [-0.25, -0.2) is 19.7 Å². The van der Waals surface area contributed by atoms with Crippen LogP contribution in [0, 0.1) is 0 Å². The van der Waals surface area contributed by atoms with E-state index in [4.69, 9.17) is 26.7 Å². The summed E-state index contributed by atoms with van der Waals surface area (Å²) in [4.78, 5) is 41.1. The van der Waals surface area contributed by atoms with Gasteiger partial charge in [-0.2, -0.15) is 4.98 Å². The van der Waals surface area contributed by atoms with Crippen molar-refractivity contribution in [2.75, 3.05) is 31.7 Å². The lowest BCUT2D eigenvalue weighted by molar-refractivity contribution is -0.138. The number of nitrogens with two attached hydrogens (primary N) is 3. The number of aliphatic hydroxyl groups is 2. The van der Waals surface area contributed by atoms with Crippen molar-refractivity contribution in [2.24, 2.45) is 5.73 Å². The molecule has 3 aromatic rings. The van der Waals surface area contributed by atoms with Crippen LogP contribution in [0.2, 0.25) is 0 Å². The zero-order chi connectivity index (χ0) is 27.6. The Hall–Kier alpha value is -3.74. The minimum atomic E-state index is -1.34. The molecule has 5 atom stereocenters. The van der Waals surface area contributed by atoms with Gasteiger partial charge >= 0.3 is 11.7 Å². The predicted octanol–water partition coefficient (Wildman–Crippen LogP) is -2.93. The first kappa shape index (κ1) is 27.3. The largest absolute Gasteiger partial charge is 0.480 e. The standard InChI is InChI=1S/C21H30N10O7/c1-37-9-30-5-10(16(23)28-21(30)36)4-29(3-2-11(22)20(34)35)6-12-14(32)15(33)19(38-12)31-8-27-13-17(24)25-7-26-18(13)31/h5,7-8,11-12,14-15,19,32-33H,2-4,6,9,22H2,1H3,(H,34,35)(H2,23,28,36)(H2,24,25,26). The molecule has 0 bridgehead atoms. The zero-order valence-electron chi connectivity index (χ0n) is 20.5. The number of rotatable bonds is 11. The van der Waals surface area contributed by atoms with E-state index in [1.165, 1.54) is 35.1 Å². The van der Waals surface area contributed by atoms with Crippen molar-refractivity contribution in [1.29, 1.82) is 0 Å². The number of ether oxygens (including phenoxy) is 2. The number of nitrogen functional groups attached to an aromatic ring is 2. The van der Waals surface area contributed by atoms with E-state index in [0.717, 1.165) is 0 Å². The molecule has 0 saturated carbocycles. The molecule has 4 rings (SSSR count). The topological polar surface area (TPSA) is 256 Å². The van der Waals surface area contributed by atoms with Gasteiger partial charge in [0.1, 0.15) is 48.7 Å².